The Morgan fingerprint density at radius 2 is 2.22 bits per heavy atom. The molecule has 0 saturated carbocycles. The van der Waals surface area contributed by atoms with E-state index in [0.29, 0.717) is 23.0 Å². The molecule has 90 valence electrons. The van der Waals surface area contributed by atoms with E-state index in [1.807, 2.05) is 13.0 Å². The molecule has 4 nitrogen and oxygen atoms in total. The van der Waals surface area contributed by atoms with E-state index in [1.165, 1.54) is 0 Å². The first kappa shape index (κ1) is 12.1. The highest BCUT2D eigenvalue weighted by molar-refractivity contribution is 6.04. The van der Waals surface area contributed by atoms with E-state index in [2.05, 4.69) is 21.2 Å². The molecule has 1 atom stereocenters. The Balaban J connectivity index is 2.37. The first-order valence-corrected chi connectivity index (χ1v) is 5.73. The van der Waals surface area contributed by atoms with Crippen molar-refractivity contribution in [1.29, 1.82) is 0 Å². The van der Waals surface area contributed by atoms with E-state index < -0.39 is 0 Å². The second-order valence-electron chi connectivity index (χ2n) is 3.83. The van der Waals surface area contributed by atoms with Crippen LogP contribution in [0.3, 0.4) is 0 Å². The zero-order valence-electron chi connectivity index (χ0n) is 10.1. The molecular formula is C14H13N3O. The van der Waals surface area contributed by atoms with Crippen LogP contribution in [0.25, 0.3) is 11.0 Å². The van der Waals surface area contributed by atoms with E-state index in [-0.39, 0.29) is 11.9 Å². The lowest BCUT2D eigenvalue weighted by molar-refractivity contribution is 0.0946. The molecule has 0 spiro atoms. The van der Waals surface area contributed by atoms with E-state index >= 15 is 0 Å². The largest absolute Gasteiger partial charge is 0.338 e. The predicted molar refractivity (Wildman–Crippen MR) is 69.9 cm³/mol. The molecule has 1 heterocycles. The molecule has 1 amide bonds. The number of fused-ring (bicyclic) bond motifs is 1. The maximum Gasteiger partial charge on any atom is 0.254 e. The summed E-state index contributed by atoms with van der Waals surface area (Å²) in [4.78, 5) is 20.5. The van der Waals surface area contributed by atoms with Gasteiger partial charge in [-0.1, -0.05) is 18.9 Å². The van der Waals surface area contributed by atoms with Crippen LogP contribution in [-0.2, 0) is 0 Å². The smallest absolute Gasteiger partial charge is 0.254 e. The van der Waals surface area contributed by atoms with E-state index in [0.717, 1.165) is 0 Å². The molecule has 1 unspecified atom stereocenters. The number of hydrogen-bond donors (Lipinski definition) is 1. The Morgan fingerprint density at radius 3 is 2.94 bits per heavy atom. The fourth-order valence-electron chi connectivity index (χ4n) is 1.67. The van der Waals surface area contributed by atoms with E-state index in [9.17, 15) is 4.79 Å². The van der Waals surface area contributed by atoms with Gasteiger partial charge in [-0.05, 0) is 18.6 Å². The quantitative estimate of drug-likeness (QED) is 0.830. The summed E-state index contributed by atoms with van der Waals surface area (Å²) in [5, 5.41) is 2.78. The molecule has 18 heavy (non-hydrogen) atoms. The summed E-state index contributed by atoms with van der Waals surface area (Å²) in [6.45, 7) is 1.92. The van der Waals surface area contributed by atoms with Gasteiger partial charge in [-0.3, -0.25) is 14.8 Å². The molecule has 0 saturated heterocycles. The molecule has 1 N–H and O–H groups in total. The highest BCUT2D eigenvalue weighted by Gasteiger charge is 2.13. The molecule has 1 aromatic heterocycles. The summed E-state index contributed by atoms with van der Waals surface area (Å²) < 4.78 is 0. The van der Waals surface area contributed by atoms with Gasteiger partial charge in [0.15, 0.2) is 0 Å². The topological polar surface area (TPSA) is 54.9 Å². The number of nitrogens with one attached hydrogen (secondary N) is 1. The van der Waals surface area contributed by atoms with Crippen LogP contribution in [0.15, 0.2) is 30.6 Å². The minimum atomic E-state index is -0.260. The highest BCUT2D eigenvalue weighted by atomic mass is 16.1. The third kappa shape index (κ3) is 2.30. The highest BCUT2D eigenvalue weighted by Crippen LogP contribution is 2.13. The predicted octanol–water partition coefficient (Wildman–Crippen LogP) is 1.77. The molecule has 1 aromatic carbocycles. The zero-order chi connectivity index (χ0) is 13.0. The number of amides is 1. The van der Waals surface area contributed by atoms with Gasteiger partial charge in [0.25, 0.3) is 5.91 Å². The van der Waals surface area contributed by atoms with Crippen LogP contribution < -0.4 is 5.32 Å². The zero-order valence-corrected chi connectivity index (χ0v) is 10.1. The fraction of sp³-hybridized carbons (Fsp3) is 0.214. The van der Waals surface area contributed by atoms with Crippen LogP contribution in [0.1, 0.15) is 23.7 Å². The van der Waals surface area contributed by atoms with Crippen LogP contribution >= 0.6 is 0 Å². The number of aromatic nitrogens is 2. The van der Waals surface area contributed by atoms with Gasteiger partial charge in [-0.15, -0.1) is 6.42 Å². The molecular weight excluding hydrogens is 226 g/mol. The summed E-state index contributed by atoms with van der Waals surface area (Å²) >= 11 is 0. The van der Waals surface area contributed by atoms with Crippen LogP contribution in [0.5, 0.6) is 0 Å². The Labute approximate surface area is 105 Å². The third-order valence-electron chi connectivity index (χ3n) is 2.66. The maximum absolute atomic E-state index is 12.1. The first-order valence-electron chi connectivity index (χ1n) is 5.73. The second-order valence-corrected chi connectivity index (χ2v) is 3.83. The van der Waals surface area contributed by atoms with Crippen molar-refractivity contribution in [3.05, 3.63) is 36.2 Å². The number of benzene rings is 1. The van der Waals surface area contributed by atoms with Crippen molar-refractivity contribution >= 4 is 16.9 Å². The number of para-hydroxylation sites is 1. The number of rotatable bonds is 3. The number of carbonyl (C=O) groups is 1. The van der Waals surface area contributed by atoms with Crippen molar-refractivity contribution in [2.24, 2.45) is 0 Å². The second kappa shape index (κ2) is 5.28. The summed E-state index contributed by atoms with van der Waals surface area (Å²) in [6.07, 6.45) is 9.19. The van der Waals surface area contributed by atoms with E-state index in [4.69, 9.17) is 6.42 Å². The molecule has 0 aliphatic carbocycles. The Bertz CT molecular complexity index is 610. The fourth-order valence-corrected chi connectivity index (χ4v) is 1.67. The molecule has 0 bridgehead atoms. The van der Waals surface area contributed by atoms with Gasteiger partial charge in [0.1, 0.15) is 5.52 Å². The Hall–Kier alpha value is -2.41. The van der Waals surface area contributed by atoms with Gasteiger partial charge in [-0.25, -0.2) is 0 Å². The van der Waals surface area contributed by atoms with Crippen molar-refractivity contribution < 1.29 is 4.79 Å². The summed E-state index contributed by atoms with van der Waals surface area (Å²) in [5.41, 5.74) is 1.78. The lowest BCUT2D eigenvalue weighted by Crippen LogP contribution is -2.33. The molecule has 0 aliphatic heterocycles. The van der Waals surface area contributed by atoms with Crippen molar-refractivity contribution in [2.75, 3.05) is 0 Å². The number of nitrogens with zero attached hydrogens (tertiary/aromatic N) is 2. The van der Waals surface area contributed by atoms with Gasteiger partial charge in [0.05, 0.1) is 17.1 Å². The van der Waals surface area contributed by atoms with Crippen LogP contribution in [0.2, 0.25) is 0 Å². The van der Waals surface area contributed by atoms with E-state index in [1.54, 1.807) is 24.5 Å². The van der Waals surface area contributed by atoms with Gasteiger partial charge < -0.3 is 5.32 Å². The minimum absolute atomic E-state index is 0.217. The third-order valence-corrected chi connectivity index (χ3v) is 2.66. The maximum atomic E-state index is 12.1. The van der Waals surface area contributed by atoms with Gasteiger partial charge in [0, 0.05) is 12.4 Å². The van der Waals surface area contributed by atoms with Gasteiger partial charge >= 0.3 is 0 Å². The number of carbonyl (C=O) groups excluding carboxylic acids is 1. The Morgan fingerprint density at radius 1 is 1.44 bits per heavy atom. The lowest BCUT2D eigenvalue weighted by Gasteiger charge is -2.11. The normalized spacial score (nSPS) is 11.8. The molecule has 4 heteroatoms. The van der Waals surface area contributed by atoms with Crippen molar-refractivity contribution in [1.82, 2.24) is 15.3 Å². The van der Waals surface area contributed by atoms with Gasteiger partial charge in [-0.2, -0.15) is 0 Å². The molecule has 0 aliphatic rings. The monoisotopic (exact) mass is 239 g/mol. The number of terminal acetylenes is 1. The van der Waals surface area contributed by atoms with Crippen LogP contribution in [0.4, 0.5) is 0 Å². The summed E-state index contributed by atoms with van der Waals surface area (Å²) in [7, 11) is 0. The number of hydrogen-bond acceptors (Lipinski definition) is 3. The van der Waals surface area contributed by atoms with Gasteiger partial charge in [0.2, 0.25) is 0 Å². The Kier molecular flexibility index (Phi) is 3.54. The molecule has 0 fully saturated rings. The first-order chi connectivity index (χ1) is 8.76. The van der Waals surface area contributed by atoms with Crippen molar-refractivity contribution in [3.63, 3.8) is 0 Å². The van der Waals surface area contributed by atoms with Crippen molar-refractivity contribution in [3.8, 4) is 12.3 Å². The van der Waals surface area contributed by atoms with Crippen LogP contribution in [0, 0.1) is 12.3 Å². The molecule has 0 radical (unpaired) electrons. The van der Waals surface area contributed by atoms with Crippen molar-refractivity contribution in [2.45, 2.75) is 19.4 Å². The minimum Gasteiger partial charge on any atom is -0.338 e. The molecule has 2 aromatic rings. The lowest BCUT2D eigenvalue weighted by atomic mass is 10.1. The standard InChI is InChI=1S/C14H13N3O/c1-3-10(4-2)17-14(18)11-6-5-7-12-13(11)16-9-8-15-12/h1,5-10H,4H2,2H3,(H,17,18). The summed E-state index contributed by atoms with van der Waals surface area (Å²) in [6, 6.07) is 5.06. The average Bonchev–Trinajstić information content (AvgIpc) is 2.43. The molecule has 2 rings (SSSR count). The SMILES string of the molecule is C#CC(CC)NC(=O)c1cccc2nccnc12. The van der Waals surface area contributed by atoms with Crippen LogP contribution in [-0.4, -0.2) is 21.9 Å². The average molecular weight is 239 g/mol. The summed E-state index contributed by atoms with van der Waals surface area (Å²) in [5.74, 6) is 2.32.